The molecule has 2 aromatic rings. The fourth-order valence-electron chi connectivity index (χ4n) is 2.43. The topological polar surface area (TPSA) is 41.6 Å². The maximum Gasteiger partial charge on any atom is 0.251 e. The van der Waals surface area contributed by atoms with Gasteiger partial charge >= 0.3 is 0 Å². The van der Waals surface area contributed by atoms with Crippen molar-refractivity contribution in [1.82, 2.24) is 10.2 Å². The van der Waals surface area contributed by atoms with Crippen LogP contribution in [0.2, 0.25) is 5.02 Å². The number of methoxy groups -OCH3 is 1. The van der Waals surface area contributed by atoms with Gasteiger partial charge in [-0.1, -0.05) is 23.7 Å². The van der Waals surface area contributed by atoms with Gasteiger partial charge in [-0.25, -0.2) is 0 Å². The largest absolute Gasteiger partial charge is 0.496 e. The first kappa shape index (κ1) is 17.3. The van der Waals surface area contributed by atoms with Crippen molar-refractivity contribution < 1.29 is 9.53 Å². The summed E-state index contributed by atoms with van der Waals surface area (Å²) in [5.41, 5.74) is 2.85. The number of carbonyl (C=O) groups excluding carboxylic acids is 1. The van der Waals surface area contributed by atoms with Crippen LogP contribution in [-0.4, -0.2) is 32.0 Å². The van der Waals surface area contributed by atoms with E-state index in [9.17, 15) is 4.79 Å². The van der Waals surface area contributed by atoms with Gasteiger partial charge in [-0.15, -0.1) is 0 Å². The second-order valence-corrected chi connectivity index (χ2v) is 5.84. The van der Waals surface area contributed by atoms with Crippen molar-refractivity contribution in [3.8, 4) is 5.75 Å². The van der Waals surface area contributed by atoms with Crippen LogP contribution in [0.25, 0.3) is 0 Å². The number of carbonyl (C=O) groups is 1. The summed E-state index contributed by atoms with van der Waals surface area (Å²) in [5, 5.41) is 3.31. The maximum atomic E-state index is 11.5. The van der Waals surface area contributed by atoms with Gasteiger partial charge in [0.15, 0.2) is 0 Å². The number of nitrogens with zero attached hydrogens (tertiary/aromatic N) is 1. The lowest BCUT2D eigenvalue weighted by Gasteiger charge is -2.19. The molecular formula is C18H21ClN2O2. The number of halogens is 1. The van der Waals surface area contributed by atoms with E-state index in [1.165, 1.54) is 0 Å². The molecule has 0 saturated carbocycles. The molecule has 0 aliphatic carbocycles. The van der Waals surface area contributed by atoms with Crippen LogP contribution in [0.4, 0.5) is 0 Å². The van der Waals surface area contributed by atoms with Crippen LogP contribution in [0.15, 0.2) is 42.5 Å². The van der Waals surface area contributed by atoms with E-state index in [0.29, 0.717) is 10.6 Å². The monoisotopic (exact) mass is 332 g/mol. The van der Waals surface area contributed by atoms with Crippen molar-refractivity contribution in [1.29, 1.82) is 0 Å². The molecule has 0 aromatic heterocycles. The second-order valence-electron chi connectivity index (χ2n) is 5.40. The number of amides is 1. The van der Waals surface area contributed by atoms with Crippen LogP contribution >= 0.6 is 11.6 Å². The molecule has 0 unspecified atom stereocenters. The minimum atomic E-state index is -0.0754. The lowest BCUT2D eigenvalue weighted by Crippen LogP contribution is -2.19. The molecule has 122 valence electrons. The van der Waals surface area contributed by atoms with Crippen LogP contribution in [0.1, 0.15) is 21.5 Å². The molecule has 0 heterocycles. The predicted octanol–water partition coefficient (Wildman–Crippen LogP) is 3.34. The Morgan fingerprint density at radius 3 is 2.48 bits per heavy atom. The first-order valence-corrected chi connectivity index (χ1v) is 7.73. The molecular weight excluding hydrogens is 312 g/mol. The zero-order valence-electron chi connectivity index (χ0n) is 13.6. The SMILES string of the molecule is CNC(=O)c1ccc(CN(C)Cc2cc(Cl)ccc2OC)cc1. The molecule has 4 nitrogen and oxygen atoms in total. The minimum absolute atomic E-state index is 0.0754. The molecule has 0 fully saturated rings. The Morgan fingerprint density at radius 1 is 1.17 bits per heavy atom. The standard InChI is InChI=1S/C18H21ClN2O2/c1-20-18(22)14-6-4-13(5-7-14)11-21(2)12-15-10-16(19)8-9-17(15)23-3/h4-10H,11-12H2,1-3H3,(H,20,22). The Hall–Kier alpha value is -2.04. The molecule has 23 heavy (non-hydrogen) atoms. The van der Waals surface area contributed by atoms with Gasteiger partial charge in [0.2, 0.25) is 0 Å². The van der Waals surface area contributed by atoms with Gasteiger partial charge in [-0.05, 0) is 42.9 Å². The van der Waals surface area contributed by atoms with E-state index in [4.69, 9.17) is 16.3 Å². The highest BCUT2D eigenvalue weighted by Gasteiger charge is 2.09. The molecule has 0 aliphatic heterocycles. The fourth-order valence-corrected chi connectivity index (χ4v) is 2.63. The zero-order valence-corrected chi connectivity index (χ0v) is 14.4. The average molecular weight is 333 g/mol. The van der Waals surface area contributed by atoms with Gasteiger partial charge in [0.25, 0.3) is 5.91 Å². The molecule has 2 rings (SSSR count). The van der Waals surface area contributed by atoms with Crippen LogP contribution in [0.5, 0.6) is 5.75 Å². The molecule has 0 saturated heterocycles. The van der Waals surface area contributed by atoms with E-state index in [-0.39, 0.29) is 5.91 Å². The Kier molecular flexibility index (Phi) is 6.02. The summed E-state index contributed by atoms with van der Waals surface area (Å²) in [7, 11) is 5.32. The van der Waals surface area contributed by atoms with Crippen LogP contribution in [0.3, 0.4) is 0 Å². The smallest absolute Gasteiger partial charge is 0.251 e. The summed E-state index contributed by atoms with van der Waals surface area (Å²) in [6, 6.07) is 13.2. The summed E-state index contributed by atoms with van der Waals surface area (Å²) < 4.78 is 5.38. The third kappa shape index (κ3) is 4.71. The van der Waals surface area contributed by atoms with E-state index in [2.05, 4.69) is 10.2 Å². The van der Waals surface area contributed by atoms with E-state index < -0.39 is 0 Å². The average Bonchev–Trinajstić information content (AvgIpc) is 2.55. The van der Waals surface area contributed by atoms with Crippen molar-refractivity contribution in [3.05, 3.63) is 64.2 Å². The molecule has 0 atom stereocenters. The van der Waals surface area contributed by atoms with E-state index >= 15 is 0 Å². The summed E-state index contributed by atoms with van der Waals surface area (Å²) >= 11 is 6.07. The van der Waals surface area contributed by atoms with Gasteiger partial charge in [0.05, 0.1) is 7.11 Å². The molecule has 1 N–H and O–H groups in total. The number of benzene rings is 2. The minimum Gasteiger partial charge on any atom is -0.496 e. The van der Waals surface area contributed by atoms with Crippen molar-refractivity contribution in [3.63, 3.8) is 0 Å². The summed E-state index contributed by atoms with van der Waals surface area (Å²) in [6.07, 6.45) is 0. The van der Waals surface area contributed by atoms with Crippen molar-refractivity contribution in [2.75, 3.05) is 21.2 Å². The molecule has 1 amide bonds. The van der Waals surface area contributed by atoms with Gasteiger partial charge in [0.1, 0.15) is 5.75 Å². The molecule has 0 bridgehead atoms. The van der Waals surface area contributed by atoms with E-state index in [1.807, 2.05) is 49.5 Å². The first-order chi connectivity index (χ1) is 11.0. The lowest BCUT2D eigenvalue weighted by atomic mass is 10.1. The Labute approximate surface area is 142 Å². The summed E-state index contributed by atoms with van der Waals surface area (Å²) in [5.74, 6) is 0.754. The molecule has 5 heteroatoms. The third-order valence-electron chi connectivity index (χ3n) is 3.58. The first-order valence-electron chi connectivity index (χ1n) is 7.35. The highest BCUT2D eigenvalue weighted by Crippen LogP contribution is 2.24. The third-order valence-corrected chi connectivity index (χ3v) is 3.81. The molecule has 0 spiro atoms. The van der Waals surface area contributed by atoms with Gasteiger partial charge in [-0.3, -0.25) is 9.69 Å². The van der Waals surface area contributed by atoms with Gasteiger partial charge in [-0.2, -0.15) is 0 Å². The zero-order chi connectivity index (χ0) is 16.8. The van der Waals surface area contributed by atoms with Crippen molar-refractivity contribution >= 4 is 17.5 Å². The highest BCUT2D eigenvalue weighted by molar-refractivity contribution is 6.30. The fraction of sp³-hybridized carbons (Fsp3) is 0.278. The Bertz CT molecular complexity index is 671. The quantitative estimate of drug-likeness (QED) is 0.882. The summed E-state index contributed by atoms with van der Waals surface area (Å²) in [6.45, 7) is 1.49. The maximum absolute atomic E-state index is 11.5. The number of hydrogen-bond donors (Lipinski definition) is 1. The van der Waals surface area contributed by atoms with Gasteiger partial charge < -0.3 is 10.1 Å². The number of rotatable bonds is 6. The molecule has 2 aromatic carbocycles. The van der Waals surface area contributed by atoms with Crippen LogP contribution in [-0.2, 0) is 13.1 Å². The molecule has 0 aliphatic rings. The molecule has 0 radical (unpaired) electrons. The van der Waals surface area contributed by atoms with Crippen LogP contribution in [0, 0.1) is 0 Å². The van der Waals surface area contributed by atoms with Crippen molar-refractivity contribution in [2.45, 2.75) is 13.1 Å². The second kappa shape index (κ2) is 7.99. The Morgan fingerprint density at radius 2 is 1.87 bits per heavy atom. The summed E-state index contributed by atoms with van der Waals surface area (Å²) in [4.78, 5) is 13.7. The highest BCUT2D eigenvalue weighted by atomic mass is 35.5. The number of hydrogen-bond acceptors (Lipinski definition) is 3. The van der Waals surface area contributed by atoms with Crippen LogP contribution < -0.4 is 10.1 Å². The Balaban J connectivity index is 2.03. The van der Waals surface area contributed by atoms with Crippen molar-refractivity contribution in [2.24, 2.45) is 0 Å². The predicted molar refractivity (Wildman–Crippen MR) is 93.0 cm³/mol. The van der Waals surface area contributed by atoms with E-state index in [0.717, 1.165) is 30.0 Å². The lowest BCUT2D eigenvalue weighted by molar-refractivity contribution is 0.0963. The normalized spacial score (nSPS) is 10.7. The van der Waals surface area contributed by atoms with Gasteiger partial charge in [0, 0.05) is 36.3 Å². The van der Waals surface area contributed by atoms with E-state index in [1.54, 1.807) is 14.2 Å². The number of ether oxygens (including phenoxy) is 1. The number of nitrogens with one attached hydrogen (secondary N) is 1.